The van der Waals surface area contributed by atoms with Gasteiger partial charge in [0, 0.05) is 37.8 Å². The lowest BCUT2D eigenvalue weighted by Gasteiger charge is -2.43. The number of para-hydroxylation sites is 1. The first-order valence-electron chi connectivity index (χ1n) is 8.01. The van der Waals surface area contributed by atoms with E-state index in [0.29, 0.717) is 5.56 Å². The van der Waals surface area contributed by atoms with Gasteiger partial charge in [0.1, 0.15) is 5.75 Å². The second-order valence-electron chi connectivity index (χ2n) is 7.06. The molecule has 0 unspecified atom stereocenters. The molecule has 8 heteroatoms. The van der Waals surface area contributed by atoms with Crippen LogP contribution in [-0.2, 0) is 0 Å². The Morgan fingerprint density at radius 2 is 1.64 bits per heavy atom. The van der Waals surface area contributed by atoms with E-state index in [1.807, 2.05) is 20.8 Å². The van der Waals surface area contributed by atoms with Crippen LogP contribution in [0.4, 0.5) is 17.6 Å². The van der Waals surface area contributed by atoms with Crippen LogP contribution in [0, 0.1) is 5.41 Å². The van der Waals surface area contributed by atoms with E-state index in [0.717, 1.165) is 26.2 Å². The Balaban J connectivity index is 0.00000312. The molecule has 1 N–H and O–H groups in total. The van der Waals surface area contributed by atoms with Gasteiger partial charge in [-0.2, -0.15) is 17.6 Å². The summed E-state index contributed by atoms with van der Waals surface area (Å²) in [6.45, 7) is 9.10. The minimum absolute atomic E-state index is 0. The van der Waals surface area contributed by atoms with Crippen LogP contribution < -0.4 is 10.1 Å². The van der Waals surface area contributed by atoms with Crippen molar-refractivity contribution in [1.29, 1.82) is 0 Å². The first kappa shape index (κ1) is 22.0. The fourth-order valence-electron chi connectivity index (χ4n) is 3.14. The number of alkyl halides is 4. The number of rotatable bonds is 5. The van der Waals surface area contributed by atoms with Gasteiger partial charge in [-0.1, -0.05) is 39.0 Å². The summed E-state index contributed by atoms with van der Waals surface area (Å²) < 4.78 is 56.3. The average molecular weight is 385 g/mol. The van der Waals surface area contributed by atoms with Crippen molar-refractivity contribution in [2.45, 2.75) is 39.3 Å². The zero-order valence-corrected chi connectivity index (χ0v) is 15.4. The summed E-state index contributed by atoms with van der Waals surface area (Å²) in [5.74, 6) is -0.193. The summed E-state index contributed by atoms with van der Waals surface area (Å²) in [4.78, 5) is 2.18. The van der Waals surface area contributed by atoms with Crippen molar-refractivity contribution in [1.82, 2.24) is 10.2 Å². The lowest BCUT2D eigenvalue weighted by Crippen LogP contribution is -2.48. The van der Waals surface area contributed by atoms with Gasteiger partial charge in [0.25, 0.3) is 0 Å². The molecule has 0 bridgehead atoms. The summed E-state index contributed by atoms with van der Waals surface area (Å²) in [5.41, 5.74) is 0.226. The van der Waals surface area contributed by atoms with E-state index < -0.39 is 12.5 Å². The molecule has 1 aromatic rings. The predicted octanol–water partition coefficient (Wildman–Crippen LogP) is 4.34. The fraction of sp³-hybridized carbons (Fsp3) is 0.647. The Morgan fingerprint density at radius 1 is 1.08 bits per heavy atom. The summed E-state index contributed by atoms with van der Waals surface area (Å²) >= 11 is 0. The molecule has 0 aliphatic carbocycles. The van der Waals surface area contributed by atoms with E-state index in [-0.39, 0.29) is 29.6 Å². The van der Waals surface area contributed by atoms with Gasteiger partial charge in [-0.25, -0.2) is 0 Å². The zero-order chi connectivity index (χ0) is 18.0. The molecule has 0 spiro atoms. The molecule has 1 aromatic carbocycles. The fourth-order valence-corrected chi connectivity index (χ4v) is 3.14. The van der Waals surface area contributed by atoms with Crippen molar-refractivity contribution < 1.29 is 22.3 Å². The molecular weight excluding hydrogens is 360 g/mol. The first-order valence-corrected chi connectivity index (χ1v) is 8.01. The number of halogens is 5. The van der Waals surface area contributed by atoms with Crippen LogP contribution in [0.5, 0.6) is 5.75 Å². The topological polar surface area (TPSA) is 24.5 Å². The van der Waals surface area contributed by atoms with Crippen LogP contribution >= 0.6 is 12.4 Å². The predicted molar refractivity (Wildman–Crippen MR) is 91.9 cm³/mol. The van der Waals surface area contributed by atoms with Crippen LogP contribution in [0.1, 0.15) is 32.4 Å². The number of hydrogen-bond acceptors (Lipinski definition) is 3. The molecular formula is C17H25ClF4N2O. The molecule has 1 atom stereocenters. The highest BCUT2D eigenvalue weighted by Gasteiger charge is 2.45. The lowest BCUT2D eigenvalue weighted by molar-refractivity contribution is -0.253. The van der Waals surface area contributed by atoms with Crippen molar-refractivity contribution >= 4 is 12.4 Å². The smallest absolute Gasteiger partial charge is 0.428 e. The van der Waals surface area contributed by atoms with Gasteiger partial charge in [-0.3, -0.25) is 4.90 Å². The molecule has 0 aromatic heterocycles. The number of benzene rings is 1. The molecule has 1 aliphatic heterocycles. The van der Waals surface area contributed by atoms with E-state index in [1.165, 1.54) is 12.1 Å². The SMILES string of the molecule is CC(C)(C)[C@H](c1ccccc1OC(F)(F)C(F)F)N1CCNCC1.Cl. The minimum atomic E-state index is -4.51. The van der Waals surface area contributed by atoms with Gasteiger partial charge in [0.05, 0.1) is 0 Å². The third-order valence-electron chi connectivity index (χ3n) is 4.05. The molecule has 1 heterocycles. The monoisotopic (exact) mass is 384 g/mol. The lowest BCUT2D eigenvalue weighted by atomic mass is 9.80. The third-order valence-corrected chi connectivity index (χ3v) is 4.05. The Bertz CT molecular complexity index is 546. The highest BCUT2D eigenvalue weighted by molar-refractivity contribution is 5.85. The molecule has 1 saturated heterocycles. The standard InChI is InChI=1S/C17H24F4N2O.ClH/c1-16(2,3)14(23-10-8-22-9-11-23)12-6-4-5-7-13(12)24-17(20,21)15(18)19;/h4-7,14-15,22H,8-11H2,1-3H3;1H/t14-;/m0./s1. The van der Waals surface area contributed by atoms with Gasteiger partial charge in [0.15, 0.2) is 0 Å². The summed E-state index contributed by atoms with van der Waals surface area (Å²) in [7, 11) is 0. The molecule has 25 heavy (non-hydrogen) atoms. The number of ether oxygens (including phenoxy) is 1. The van der Waals surface area contributed by atoms with E-state index in [1.54, 1.807) is 12.1 Å². The maximum atomic E-state index is 13.4. The Morgan fingerprint density at radius 3 is 2.16 bits per heavy atom. The van der Waals surface area contributed by atoms with Crippen LogP contribution in [0.25, 0.3) is 0 Å². The summed E-state index contributed by atoms with van der Waals surface area (Å²) in [5, 5.41) is 3.25. The van der Waals surface area contributed by atoms with Crippen molar-refractivity contribution in [2.24, 2.45) is 5.41 Å². The van der Waals surface area contributed by atoms with E-state index >= 15 is 0 Å². The van der Waals surface area contributed by atoms with Crippen LogP contribution in [0.3, 0.4) is 0 Å². The average Bonchev–Trinajstić information content (AvgIpc) is 2.48. The molecule has 3 nitrogen and oxygen atoms in total. The Labute approximate surface area is 152 Å². The van der Waals surface area contributed by atoms with Gasteiger partial charge in [-0.05, 0) is 11.5 Å². The third kappa shape index (κ3) is 5.46. The first-order chi connectivity index (χ1) is 11.1. The van der Waals surface area contributed by atoms with Gasteiger partial charge in [-0.15, -0.1) is 12.4 Å². The van der Waals surface area contributed by atoms with Crippen molar-refractivity contribution in [3.05, 3.63) is 29.8 Å². The number of piperazine rings is 1. The van der Waals surface area contributed by atoms with E-state index in [9.17, 15) is 17.6 Å². The maximum absolute atomic E-state index is 13.4. The van der Waals surface area contributed by atoms with Crippen molar-refractivity contribution in [2.75, 3.05) is 26.2 Å². The summed E-state index contributed by atoms with van der Waals surface area (Å²) in [6, 6.07) is 6.01. The normalized spacial score (nSPS) is 17.9. The molecule has 1 aliphatic rings. The van der Waals surface area contributed by atoms with Gasteiger partial charge < -0.3 is 10.1 Å². The van der Waals surface area contributed by atoms with Crippen LogP contribution in [0.2, 0.25) is 0 Å². The van der Waals surface area contributed by atoms with E-state index in [2.05, 4.69) is 15.0 Å². The molecule has 1 fully saturated rings. The number of nitrogens with zero attached hydrogens (tertiary/aromatic N) is 1. The van der Waals surface area contributed by atoms with Crippen molar-refractivity contribution in [3.63, 3.8) is 0 Å². The summed E-state index contributed by atoms with van der Waals surface area (Å²) in [6.07, 6.45) is -8.39. The second kappa shape index (κ2) is 8.56. The highest BCUT2D eigenvalue weighted by atomic mass is 35.5. The largest absolute Gasteiger partial charge is 0.461 e. The van der Waals surface area contributed by atoms with Crippen LogP contribution in [0.15, 0.2) is 24.3 Å². The maximum Gasteiger partial charge on any atom is 0.461 e. The highest BCUT2D eigenvalue weighted by Crippen LogP contribution is 2.43. The number of nitrogens with one attached hydrogen (secondary N) is 1. The Hall–Kier alpha value is -1.05. The number of hydrogen-bond donors (Lipinski definition) is 1. The Kier molecular flexibility index (Phi) is 7.53. The molecule has 0 saturated carbocycles. The van der Waals surface area contributed by atoms with Gasteiger partial charge >= 0.3 is 12.5 Å². The minimum Gasteiger partial charge on any atom is -0.428 e. The van der Waals surface area contributed by atoms with E-state index in [4.69, 9.17) is 0 Å². The second-order valence-corrected chi connectivity index (χ2v) is 7.06. The van der Waals surface area contributed by atoms with Gasteiger partial charge in [0.2, 0.25) is 0 Å². The van der Waals surface area contributed by atoms with Crippen LogP contribution in [-0.4, -0.2) is 43.6 Å². The zero-order valence-electron chi connectivity index (χ0n) is 14.6. The molecule has 0 radical (unpaired) electrons. The molecule has 0 amide bonds. The van der Waals surface area contributed by atoms with Crippen molar-refractivity contribution in [3.8, 4) is 5.75 Å². The quantitative estimate of drug-likeness (QED) is 0.764. The molecule has 2 rings (SSSR count). The molecule has 144 valence electrons.